The minimum atomic E-state index is -2.97. The monoisotopic (exact) mass is 451 g/mol. The summed E-state index contributed by atoms with van der Waals surface area (Å²) in [5.74, 6) is 1.43. The van der Waals surface area contributed by atoms with Crippen molar-refractivity contribution in [2.45, 2.75) is 30.6 Å². The topological polar surface area (TPSA) is 93.8 Å². The molecule has 1 saturated heterocycles. The Morgan fingerprint density at radius 1 is 1.35 bits per heavy atom. The first-order valence-electron chi connectivity index (χ1n) is 7.56. The molecule has 0 aromatic heterocycles. The summed E-state index contributed by atoms with van der Waals surface area (Å²) in [5, 5.41) is 2.80. The maximum atomic E-state index is 11.8. The second-order valence-electron chi connectivity index (χ2n) is 5.73. The summed E-state index contributed by atoms with van der Waals surface area (Å²) < 4.78 is 29.2. The SMILES string of the molecule is I.NC(=NCC1CCCS1(=O)=O)NC1CCOc2ccccc21. The normalized spacial score (nSPS) is 25.8. The second-order valence-corrected chi connectivity index (χ2v) is 8.13. The van der Waals surface area contributed by atoms with Crippen molar-refractivity contribution in [3.63, 3.8) is 0 Å². The Morgan fingerprint density at radius 3 is 2.87 bits per heavy atom. The molecule has 0 saturated carbocycles. The number of nitrogens with zero attached hydrogens (tertiary/aromatic N) is 1. The smallest absolute Gasteiger partial charge is 0.189 e. The average Bonchev–Trinajstić information content (AvgIpc) is 2.84. The fraction of sp³-hybridized carbons (Fsp3) is 0.533. The Balaban J connectivity index is 0.00000192. The Kier molecular flexibility index (Phi) is 6.12. The van der Waals surface area contributed by atoms with Crippen molar-refractivity contribution in [3.05, 3.63) is 29.8 Å². The van der Waals surface area contributed by atoms with E-state index in [-0.39, 0.29) is 47.6 Å². The van der Waals surface area contributed by atoms with Crippen molar-refractivity contribution >= 4 is 39.8 Å². The Labute approximate surface area is 153 Å². The third kappa shape index (κ3) is 4.28. The number of nitrogens with two attached hydrogens (primary N) is 1. The molecule has 0 aliphatic carbocycles. The summed E-state index contributed by atoms with van der Waals surface area (Å²) in [4.78, 5) is 4.23. The van der Waals surface area contributed by atoms with E-state index in [0.717, 1.165) is 24.2 Å². The average molecular weight is 451 g/mol. The lowest BCUT2D eigenvalue weighted by Crippen LogP contribution is -2.38. The lowest BCUT2D eigenvalue weighted by atomic mass is 10.0. The molecule has 0 radical (unpaired) electrons. The fourth-order valence-electron chi connectivity index (χ4n) is 2.98. The van der Waals surface area contributed by atoms with Gasteiger partial charge in [-0.3, -0.25) is 4.99 Å². The van der Waals surface area contributed by atoms with Gasteiger partial charge in [-0.05, 0) is 18.9 Å². The zero-order chi connectivity index (χ0) is 15.6. The highest BCUT2D eigenvalue weighted by atomic mass is 127. The number of fused-ring (bicyclic) bond motifs is 1. The Morgan fingerprint density at radius 2 is 2.13 bits per heavy atom. The molecule has 2 unspecified atom stereocenters. The van der Waals surface area contributed by atoms with E-state index < -0.39 is 9.84 Å². The zero-order valence-electron chi connectivity index (χ0n) is 12.8. The molecule has 1 fully saturated rings. The van der Waals surface area contributed by atoms with Gasteiger partial charge in [0.15, 0.2) is 15.8 Å². The first-order chi connectivity index (χ1) is 10.6. The number of hydrogen-bond donors (Lipinski definition) is 2. The van der Waals surface area contributed by atoms with Gasteiger partial charge in [0.05, 0.1) is 30.2 Å². The summed E-state index contributed by atoms with van der Waals surface area (Å²) in [6, 6.07) is 7.88. The van der Waals surface area contributed by atoms with Crippen LogP contribution >= 0.6 is 24.0 Å². The number of nitrogens with one attached hydrogen (secondary N) is 1. The summed E-state index contributed by atoms with van der Waals surface area (Å²) in [6.45, 7) is 0.866. The van der Waals surface area contributed by atoms with Crippen molar-refractivity contribution in [1.82, 2.24) is 5.32 Å². The highest BCUT2D eigenvalue weighted by Gasteiger charge is 2.31. The van der Waals surface area contributed by atoms with Gasteiger partial charge in [0.1, 0.15) is 5.75 Å². The van der Waals surface area contributed by atoms with Crippen molar-refractivity contribution in [3.8, 4) is 5.75 Å². The maximum absolute atomic E-state index is 11.8. The van der Waals surface area contributed by atoms with Gasteiger partial charge in [-0.1, -0.05) is 18.2 Å². The molecule has 8 heteroatoms. The van der Waals surface area contributed by atoms with Crippen LogP contribution in [-0.2, 0) is 9.84 Å². The minimum absolute atomic E-state index is 0. The van der Waals surface area contributed by atoms with E-state index in [1.807, 2.05) is 24.3 Å². The maximum Gasteiger partial charge on any atom is 0.189 e. The summed E-state index contributed by atoms with van der Waals surface area (Å²) in [5.41, 5.74) is 6.99. The molecule has 3 N–H and O–H groups in total. The number of para-hydroxylation sites is 1. The van der Waals surface area contributed by atoms with E-state index in [4.69, 9.17) is 10.5 Å². The third-order valence-corrected chi connectivity index (χ3v) is 6.47. The molecule has 3 rings (SSSR count). The molecule has 23 heavy (non-hydrogen) atoms. The van der Waals surface area contributed by atoms with Crippen molar-refractivity contribution < 1.29 is 13.2 Å². The van der Waals surface area contributed by atoms with Crippen molar-refractivity contribution in [2.24, 2.45) is 10.7 Å². The first-order valence-corrected chi connectivity index (χ1v) is 9.27. The number of guanidine groups is 1. The van der Waals surface area contributed by atoms with Gasteiger partial charge in [0, 0.05) is 12.0 Å². The van der Waals surface area contributed by atoms with Gasteiger partial charge in [0.2, 0.25) is 0 Å². The van der Waals surface area contributed by atoms with Gasteiger partial charge < -0.3 is 15.8 Å². The van der Waals surface area contributed by atoms with Crippen molar-refractivity contribution in [2.75, 3.05) is 18.9 Å². The molecule has 128 valence electrons. The molecule has 1 aromatic rings. The molecule has 2 aliphatic heterocycles. The molecule has 6 nitrogen and oxygen atoms in total. The number of sulfone groups is 1. The predicted molar refractivity (Wildman–Crippen MR) is 101 cm³/mol. The zero-order valence-corrected chi connectivity index (χ0v) is 15.9. The molecule has 0 bridgehead atoms. The van der Waals surface area contributed by atoms with E-state index in [0.29, 0.717) is 19.0 Å². The van der Waals surface area contributed by atoms with Crippen LogP contribution in [0, 0.1) is 0 Å². The molecule has 2 aliphatic rings. The number of aliphatic imine (C=N–C) groups is 1. The number of rotatable bonds is 3. The van der Waals surface area contributed by atoms with E-state index in [9.17, 15) is 8.42 Å². The lowest BCUT2D eigenvalue weighted by Gasteiger charge is -2.27. The molecule has 0 spiro atoms. The van der Waals surface area contributed by atoms with Crippen LogP contribution in [0.15, 0.2) is 29.3 Å². The van der Waals surface area contributed by atoms with Crippen LogP contribution in [0.4, 0.5) is 0 Å². The highest BCUT2D eigenvalue weighted by Crippen LogP contribution is 2.31. The fourth-order valence-corrected chi connectivity index (χ4v) is 4.71. The second kappa shape index (κ2) is 7.69. The Bertz CT molecular complexity index is 678. The molecule has 0 amide bonds. The lowest BCUT2D eigenvalue weighted by molar-refractivity contribution is 0.262. The standard InChI is InChI=1S/C15H21N3O3S.HI/c16-15(17-10-11-4-3-9-22(11,19)20)18-13-7-8-21-14-6-2-1-5-12(13)14;/h1-2,5-6,11,13H,3-4,7-10H2,(H3,16,17,18);1H. The van der Waals surface area contributed by atoms with Crippen LogP contribution < -0.4 is 15.8 Å². The van der Waals surface area contributed by atoms with E-state index in [1.165, 1.54) is 0 Å². The number of halogens is 1. The van der Waals surface area contributed by atoms with Gasteiger partial charge in [-0.25, -0.2) is 8.42 Å². The predicted octanol–water partition coefficient (Wildman–Crippen LogP) is 1.61. The van der Waals surface area contributed by atoms with Crippen LogP contribution in [0.1, 0.15) is 30.9 Å². The minimum Gasteiger partial charge on any atom is -0.493 e. The number of benzene rings is 1. The third-order valence-electron chi connectivity index (χ3n) is 4.21. The van der Waals surface area contributed by atoms with E-state index in [2.05, 4.69) is 10.3 Å². The van der Waals surface area contributed by atoms with Gasteiger partial charge in [-0.2, -0.15) is 0 Å². The molecular formula is C15H22IN3O3S. The van der Waals surface area contributed by atoms with Gasteiger partial charge in [-0.15, -0.1) is 24.0 Å². The molecule has 1 aromatic carbocycles. The highest BCUT2D eigenvalue weighted by molar-refractivity contribution is 14.0. The molecule has 2 atom stereocenters. The van der Waals surface area contributed by atoms with Gasteiger partial charge in [0.25, 0.3) is 0 Å². The van der Waals surface area contributed by atoms with E-state index >= 15 is 0 Å². The van der Waals surface area contributed by atoms with Crippen LogP contribution in [0.3, 0.4) is 0 Å². The van der Waals surface area contributed by atoms with Gasteiger partial charge >= 0.3 is 0 Å². The van der Waals surface area contributed by atoms with Crippen molar-refractivity contribution in [1.29, 1.82) is 0 Å². The molecular weight excluding hydrogens is 429 g/mol. The first kappa shape index (κ1) is 18.3. The summed E-state index contributed by atoms with van der Waals surface area (Å²) in [7, 11) is -2.97. The summed E-state index contributed by atoms with van der Waals surface area (Å²) >= 11 is 0. The Hall–Kier alpha value is -1.03. The van der Waals surface area contributed by atoms with E-state index in [1.54, 1.807) is 0 Å². The van der Waals surface area contributed by atoms with Crippen LogP contribution in [0.2, 0.25) is 0 Å². The van der Waals surface area contributed by atoms with Crippen LogP contribution in [0.25, 0.3) is 0 Å². The largest absolute Gasteiger partial charge is 0.493 e. The quantitative estimate of drug-likeness (QED) is 0.414. The summed E-state index contributed by atoms with van der Waals surface area (Å²) in [6.07, 6.45) is 2.21. The number of hydrogen-bond acceptors (Lipinski definition) is 4. The number of ether oxygens (including phenoxy) is 1. The van der Waals surface area contributed by atoms with Crippen LogP contribution in [-0.4, -0.2) is 38.5 Å². The van der Waals surface area contributed by atoms with Crippen LogP contribution in [0.5, 0.6) is 5.75 Å². The molecule has 2 heterocycles.